The van der Waals surface area contributed by atoms with E-state index in [0.717, 1.165) is 25.3 Å². The Bertz CT molecular complexity index is 378. The zero-order valence-electron chi connectivity index (χ0n) is 14.1. The molecular formula is C16H32N4. The molecule has 0 atom stereocenters. The molecule has 1 rings (SSSR count). The van der Waals surface area contributed by atoms with Gasteiger partial charge in [-0.15, -0.1) is 0 Å². The molecule has 0 bridgehead atoms. The molecule has 20 heavy (non-hydrogen) atoms. The van der Waals surface area contributed by atoms with Gasteiger partial charge in [-0.3, -0.25) is 0 Å². The van der Waals surface area contributed by atoms with E-state index in [-0.39, 0.29) is 5.41 Å². The summed E-state index contributed by atoms with van der Waals surface area (Å²) in [5.41, 5.74) is 0.286. The lowest BCUT2D eigenvalue weighted by Gasteiger charge is -2.32. The molecule has 0 saturated carbocycles. The normalized spacial score (nSPS) is 12.6. The van der Waals surface area contributed by atoms with E-state index in [1.54, 1.807) is 6.33 Å². The molecule has 116 valence electrons. The van der Waals surface area contributed by atoms with Gasteiger partial charge in [-0.05, 0) is 44.6 Å². The Morgan fingerprint density at radius 1 is 1.20 bits per heavy atom. The highest BCUT2D eigenvalue weighted by atomic mass is 15.3. The smallest absolute Gasteiger partial charge is 0.138 e. The van der Waals surface area contributed by atoms with Crippen molar-refractivity contribution >= 4 is 0 Å². The molecule has 0 radical (unpaired) electrons. The Hall–Kier alpha value is -0.900. The lowest BCUT2D eigenvalue weighted by molar-refractivity contribution is 0.233. The zero-order chi connectivity index (χ0) is 15.2. The molecule has 0 aromatic carbocycles. The molecule has 0 fully saturated rings. The monoisotopic (exact) mass is 280 g/mol. The second-order valence-corrected chi connectivity index (χ2v) is 6.62. The first kappa shape index (κ1) is 17.2. The van der Waals surface area contributed by atoms with Crippen LogP contribution in [0.15, 0.2) is 6.33 Å². The van der Waals surface area contributed by atoms with Crippen LogP contribution in [0.5, 0.6) is 0 Å². The molecule has 4 heteroatoms. The Kier molecular flexibility index (Phi) is 6.66. The number of aromatic nitrogens is 3. The SMILES string of the molecule is CCC(CC)(CNCC(C)C)Cc1ncnn1C(C)C. The van der Waals surface area contributed by atoms with Crippen molar-refractivity contribution in [2.24, 2.45) is 11.3 Å². The fourth-order valence-corrected chi connectivity index (χ4v) is 2.61. The maximum Gasteiger partial charge on any atom is 0.138 e. The summed E-state index contributed by atoms with van der Waals surface area (Å²) >= 11 is 0. The topological polar surface area (TPSA) is 42.7 Å². The van der Waals surface area contributed by atoms with Crippen molar-refractivity contribution in [3.63, 3.8) is 0 Å². The van der Waals surface area contributed by atoms with Crippen molar-refractivity contribution in [2.75, 3.05) is 13.1 Å². The molecule has 1 aromatic rings. The number of rotatable bonds is 9. The molecule has 1 aromatic heterocycles. The minimum atomic E-state index is 0.286. The molecule has 1 heterocycles. The van der Waals surface area contributed by atoms with E-state index >= 15 is 0 Å². The van der Waals surface area contributed by atoms with Crippen LogP contribution in [-0.4, -0.2) is 27.9 Å². The van der Waals surface area contributed by atoms with Crippen LogP contribution in [0.2, 0.25) is 0 Å². The van der Waals surface area contributed by atoms with E-state index in [9.17, 15) is 0 Å². The quantitative estimate of drug-likeness (QED) is 0.753. The van der Waals surface area contributed by atoms with Gasteiger partial charge >= 0.3 is 0 Å². The van der Waals surface area contributed by atoms with Crippen molar-refractivity contribution in [3.8, 4) is 0 Å². The lowest BCUT2D eigenvalue weighted by Crippen LogP contribution is -2.37. The van der Waals surface area contributed by atoms with E-state index in [4.69, 9.17) is 0 Å². The van der Waals surface area contributed by atoms with Crippen molar-refractivity contribution in [1.29, 1.82) is 0 Å². The summed E-state index contributed by atoms with van der Waals surface area (Å²) in [6, 6.07) is 0.377. The summed E-state index contributed by atoms with van der Waals surface area (Å²) in [5.74, 6) is 1.82. The number of nitrogens with zero attached hydrogens (tertiary/aromatic N) is 3. The molecule has 0 aliphatic heterocycles. The van der Waals surface area contributed by atoms with Crippen LogP contribution in [0.4, 0.5) is 0 Å². The summed E-state index contributed by atoms with van der Waals surface area (Å²) in [6.45, 7) is 15.5. The third-order valence-electron chi connectivity index (χ3n) is 4.22. The van der Waals surface area contributed by atoms with Crippen LogP contribution >= 0.6 is 0 Å². The standard InChI is InChI=1S/C16H32N4/c1-7-16(8-2,11-17-10-13(3)4)9-15-18-12-19-20(15)14(5)6/h12-14,17H,7-11H2,1-6H3. The van der Waals surface area contributed by atoms with Gasteiger partial charge in [0.15, 0.2) is 0 Å². The summed E-state index contributed by atoms with van der Waals surface area (Å²) in [5, 5.41) is 7.99. The second-order valence-electron chi connectivity index (χ2n) is 6.62. The summed E-state index contributed by atoms with van der Waals surface area (Å²) < 4.78 is 2.06. The van der Waals surface area contributed by atoms with Gasteiger partial charge in [-0.25, -0.2) is 9.67 Å². The van der Waals surface area contributed by atoms with E-state index in [0.29, 0.717) is 12.0 Å². The first-order chi connectivity index (χ1) is 9.44. The summed E-state index contributed by atoms with van der Waals surface area (Å²) in [7, 11) is 0. The third kappa shape index (κ3) is 4.58. The van der Waals surface area contributed by atoms with Crippen molar-refractivity contribution in [3.05, 3.63) is 12.2 Å². The molecular weight excluding hydrogens is 248 g/mol. The van der Waals surface area contributed by atoms with Gasteiger partial charge in [0.25, 0.3) is 0 Å². The first-order valence-corrected chi connectivity index (χ1v) is 8.03. The molecule has 0 aliphatic rings. The number of hydrogen-bond donors (Lipinski definition) is 1. The lowest BCUT2D eigenvalue weighted by atomic mass is 9.78. The number of nitrogens with one attached hydrogen (secondary N) is 1. The van der Waals surface area contributed by atoms with Crippen LogP contribution in [0, 0.1) is 11.3 Å². The van der Waals surface area contributed by atoms with Gasteiger partial charge in [0.2, 0.25) is 0 Å². The average molecular weight is 280 g/mol. The molecule has 1 N–H and O–H groups in total. The van der Waals surface area contributed by atoms with Crippen LogP contribution < -0.4 is 5.32 Å². The molecule has 4 nitrogen and oxygen atoms in total. The van der Waals surface area contributed by atoms with Crippen LogP contribution in [-0.2, 0) is 6.42 Å². The molecule has 0 aliphatic carbocycles. The Morgan fingerprint density at radius 3 is 2.35 bits per heavy atom. The highest BCUT2D eigenvalue weighted by Gasteiger charge is 2.28. The first-order valence-electron chi connectivity index (χ1n) is 8.03. The predicted octanol–water partition coefficient (Wildman–Crippen LogP) is 3.45. The molecule has 0 unspecified atom stereocenters. The Labute approximate surface area is 124 Å². The van der Waals surface area contributed by atoms with Crippen LogP contribution in [0.1, 0.15) is 66.3 Å². The fourth-order valence-electron chi connectivity index (χ4n) is 2.61. The van der Waals surface area contributed by atoms with E-state index in [2.05, 4.69) is 61.6 Å². The van der Waals surface area contributed by atoms with Crippen LogP contribution in [0.3, 0.4) is 0 Å². The van der Waals surface area contributed by atoms with Crippen molar-refractivity contribution in [1.82, 2.24) is 20.1 Å². The Morgan fingerprint density at radius 2 is 1.85 bits per heavy atom. The van der Waals surface area contributed by atoms with E-state index < -0.39 is 0 Å². The van der Waals surface area contributed by atoms with E-state index in [1.807, 2.05) is 0 Å². The minimum Gasteiger partial charge on any atom is -0.316 e. The molecule has 0 saturated heterocycles. The average Bonchev–Trinajstić information content (AvgIpc) is 2.85. The highest BCUT2D eigenvalue weighted by molar-refractivity contribution is 4.95. The van der Waals surface area contributed by atoms with Gasteiger partial charge in [-0.2, -0.15) is 5.10 Å². The number of hydrogen-bond acceptors (Lipinski definition) is 3. The molecule has 0 spiro atoms. The van der Waals surface area contributed by atoms with Gasteiger partial charge in [0.1, 0.15) is 12.2 Å². The van der Waals surface area contributed by atoms with Crippen LogP contribution in [0.25, 0.3) is 0 Å². The summed E-state index contributed by atoms with van der Waals surface area (Å²) in [4.78, 5) is 4.49. The minimum absolute atomic E-state index is 0.286. The maximum absolute atomic E-state index is 4.49. The van der Waals surface area contributed by atoms with Crippen molar-refractivity contribution in [2.45, 2.75) is 66.8 Å². The fraction of sp³-hybridized carbons (Fsp3) is 0.875. The summed E-state index contributed by atoms with van der Waals surface area (Å²) in [6.07, 6.45) is 5.02. The second kappa shape index (κ2) is 7.77. The zero-order valence-corrected chi connectivity index (χ0v) is 14.1. The Balaban J connectivity index is 2.77. The predicted molar refractivity (Wildman–Crippen MR) is 84.8 cm³/mol. The third-order valence-corrected chi connectivity index (χ3v) is 4.22. The van der Waals surface area contributed by atoms with E-state index in [1.165, 1.54) is 12.8 Å². The maximum atomic E-state index is 4.49. The highest BCUT2D eigenvalue weighted by Crippen LogP contribution is 2.30. The van der Waals surface area contributed by atoms with Gasteiger partial charge < -0.3 is 5.32 Å². The largest absolute Gasteiger partial charge is 0.316 e. The van der Waals surface area contributed by atoms with Gasteiger partial charge in [-0.1, -0.05) is 27.7 Å². The van der Waals surface area contributed by atoms with Crippen molar-refractivity contribution < 1.29 is 0 Å². The molecule has 0 amide bonds. The van der Waals surface area contributed by atoms with Gasteiger partial charge in [0, 0.05) is 19.0 Å². The van der Waals surface area contributed by atoms with Gasteiger partial charge in [0.05, 0.1) is 0 Å².